The number of imide groups is 1. The number of fused-ring (bicyclic) bond motifs is 1. The van der Waals surface area contributed by atoms with Crippen LogP contribution in [-0.2, 0) is 4.79 Å². The highest BCUT2D eigenvalue weighted by molar-refractivity contribution is 6.30. The first-order valence-corrected chi connectivity index (χ1v) is 9.49. The Morgan fingerprint density at radius 2 is 1.48 bits per heavy atom. The third-order valence-electron chi connectivity index (χ3n) is 4.81. The summed E-state index contributed by atoms with van der Waals surface area (Å²) < 4.78 is 0. The molecular formula is C23H17ClN2O3. The highest BCUT2D eigenvalue weighted by Crippen LogP contribution is 2.33. The summed E-state index contributed by atoms with van der Waals surface area (Å²) in [5, 5.41) is 3.29. The molecule has 0 aromatic heterocycles. The summed E-state index contributed by atoms with van der Waals surface area (Å²) in [4.78, 5) is 39.8. The fourth-order valence-electron chi connectivity index (χ4n) is 3.48. The fraction of sp³-hybridized carbons (Fsp3) is 0.0870. The predicted octanol–water partition coefficient (Wildman–Crippen LogP) is 4.71. The topological polar surface area (TPSA) is 66.5 Å². The predicted molar refractivity (Wildman–Crippen MR) is 111 cm³/mol. The minimum absolute atomic E-state index is 0.0675. The van der Waals surface area contributed by atoms with Crippen molar-refractivity contribution in [3.8, 4) is 0 Å². The van der Waals surface area contributed by atoms with Crippen LogP contribution >= 0.6 is 11.6 Å². The molecule has 6 heteroatoms. The van der Waals surface area contributed by atoms with Crippen LogP contribution in [0.15, 0.2) is 78.9 Å². The van der Waals surface area contributed by atoms with Crippen LogP contribution in [-0.4, -0.2) is 22.6 Å². The standard InChI is InChI=1S/C23H17ClN2O3/c24-16-9-6-10-17(13-16)25-21(27)14-20(15-7-2-1-3-8-15)26-22(28)18-11-4-5-12-19(18)23(26)29/h1-13,20H,14H2,(H,25,27). The van der Waals surface area contributed by atoms with Gasteiger partial charge in [0.05, 0.1) is 23.6 Å². The van der Waals surface area contributed by atoms with E-state index in [0.717, 1.165) is 0 Å². The number of benzene rings is 3. The van der Waals surface area contributed by atoms with E-state index in [-0.39, 0.29) is 12.3 Å². The van der Waals surface area contributed by atoms with Gasteiger partial charge in [0.25, 0.3) is 11.8 Å². The van der Waals surface area contributed by atoms with Crippen molar-refractivity contribution in [3.05, 3.63) is 101 Å². The first-order valence-electron chi connectivity index (χ1n) is 9.12. The highest BCUT2D eigenvalue weighted by atomic mass is 35.5. The maximum atomic E-state index is 13.0. The van der Waals surface area contributed by atoms with E-state index in [9.17, 15) is 14.4 Å². The summed E-state index contributed by atoms with van der Waals surface area (Å²) >= 11 is 5.97. The van der Waals surface area contributed by atoms with Crippen molar-refractivity contribution < 1.29 is 14.4 Å². The SMILES string of the molecule is O=C(CC(c1ccccc1)N1C(=O)c2ccccc2C1=O)Nc1cccc(Cl)c1. The highest BCUT2D eigenvalue weighted by Gasteiger charge is 2.41. The molecule has 0 bridgehead atoms. The molecule has 3 aromatic carbocycles. The molecule has 1 aliphatic rings. The Kier molecular flexibility index (Phi) is 5.14. The molecule has 3 aromatic rings. The summed E-state index contributed by atoms with van der Waals surface area (Å²) in [5.74, 6) is -1.11. The van der Waals surface area contributed by atoms with Crippen molar-refractivity contribution in [2.24, 2.45) is 0 Å². The van der Waals surface area contributed by atoms with Gasteiger partial charge in [0.15, 0.2) is 0 Å². The minimum atomic E-state index is -0.720. The number of carbonyl (C=O) groups excluding carboxylic acids is 3. The van der Waals surface area contributed by atoms with Gasteiger partial charge in [-0.3, -0.25) is 19.3 Å². The average Bonchev–Trinajstić information content (AvgIpc) is 2.98. The Bertz CT molecular complexity index is 1060. The Balaban J connectivity index is 1.64. The summed E-state index contributed by atoms with van der Waals surface area (Å²) in [5.41, 5.74) is 1.97. The molecule has 1 heterocycles. The van der Waals surface area contributed by atoms with Crippen molar-refractivity contribution in [1.29, 1.82) is 0 Å². The van der Waals surface area contributed by atoms with Crippen LogP contribution in [0.2, 0.25) is 5.02 Å². The summed E-state index contributed by atoms with van der Waals surface area (Å²) in [6, 6.07) is 21.9. The molecule has 0 aliphatic carbocycles. The van der Waals surface area contributed by atoms with E-state index >= 15 is 0 Å². The maximum Gasteiger partial charge on any atom is 0.262 e. The molecule has 1 N–H and O–H groups in total. The molecule has 4 rings (SSSR count). The number of hydrogen-bond acceptors (Lipinski definition) is 3. The van der Waals surface area contributed by atoms with Gasteiger partial charge in [0.2, 0.25) is 5.91 Å². The molecule has 1 unspecified atom stereocenters. The molecule has 0 saturated carbocycles. The summed E-state index contributed by atoms with van der Waals surface area (Å²) in [7, 11) is 0. The quantitative estimate of drug-likeness (QED) is 0.626. The third kappa shape index (κ3) is 3.77. The third-order valence-corrected chi connectivity index (χ3v) is 5.04. The largest absolute Gasteiger partial charge is 0.326 e. The molecule has 1 aliphatic heterocycles. The lowest BCUT2D eigenvalue weighted by molar-refractivity contribution is -0.117. The van der Waals surface area contributed by atoms with E-state index in [1.807, 2.05) is 18.2 Å². The zero-order valence-electron chi connectivity index (χ0n) is 15.3. The second kappa shape index (κ2) is 7.89. The van der Waals surface area contributed by atoms with Gasteiger partial charge >= 0.3 is 0 Å². The molecule has 0 fully saturated rings. The lowest BCUT2D eigenvalue weighted by Gasteiger charge is -2.26. The summed E-state index contributed by atoms with van der Waals surface area (Å²) in [6.07, 6.45) is -0.0675. The van der Waals surface area contributed by atoms with Crippen LogP contribution in [0.1, 0.15) is 38.7 Å². The molecule has 5 nitrogen and oxygen atoms in total. The van der Waals surface area contributed by atoms with E-state index in [1.54, 1.807) is 60.7 Å². The van der Waals surface area contributed by atoms with Crippen molar-refractivity contribution in [3.63, 3.8) is 0 Å². The Labute approximate surface area is 172 Å². The number of amides is 3. The van der Waals surface area contributed by atoms with Crippen molar-refractivity contribution in [1.82, 2.24) is 4.90 Å². The zero-order valence-corrected chi connectivity index (χ0v) is 16.1. The van der Waals surface area contributed by atoms with Crippen molar-refractivity contribution >= 4 is 35.0 Å². The second-order valence-electron chi connectivity index (χ2n) is 6.72. The van der Waals surface area contributed by atoms with Crippen molar-refractivity contribution in [2.45, 2.75) is 12.5 Å². The molecule has 1 atom stereocenters. The fourth-order valence-corrected chi connectivity index (χ4v) is 3.67. The van der Waals surface area contributed by atoms with Gasteiger partial charge in [-0.1, -0.05) is 60.1 Å². The number of nitrogens with zero attached hydrogens (tertiary/aromatic N) is 1. The van der Waals surface area contributed by atoms with Crippen LogP contribution in [0.25, 0.3) is 0 Å². The van der Waals surface area contributed by atoms with Crippen molar-refractivity contribution in [2.75, 3.05) is 5.32 Å². The van der Waals surface area contributed by atoms with Crippen LogP contribution in [0.3, 0.4) is 0 Å². The Morgan fingerprint density at radius 3 is 2.10 bits per heavy atom. The van der Waals surface area contributed by atoms with Gasteiger partial charge in [-0.15, -0.1) is 0 Å². The molecule has 0 radical (unpaired) electrons. The maximum absolute atomic E-state index is 13.0. The van der Waals surface area contributed by atoms with E-state index in [1.165, 1.54) is 4.90 Å². The lowest BCUT2D eigenvalue weighted by atomic mass is 10.0. The molecule has 3 amide bonds. The monoisotopic (exact) mass is 404 g/mol. The van der Waals surface area contributed by atoms with E-state index in [2.05, 4.69) is 5.32 Å². The normalized spacial score (nSPS) is 13.9. The molecule has 0 saturated heterocycles. The smallest absolute Gasteiger partial charge is 0.262 e. The van der Waals surface area contributed by atoms with Gasteiger partial charge in [-0.2, -0.15) is 0 Å². The van der Waals surface area contributed by atoms with Crippen LogP contribution in [0, 0.1) is 0 Å². The first-order chi connectivity index (χ1) is 14.0. The van der Waals surface area contributed by atoms with Gasteiger partial charge in [-0.05, 0) is 35.9 Å². The number of anilines is 1. The number of halogens is 1. The second-order valence-corrected chi connectivity index (χ2v) is 7.15. The van der Waals surface area contributed by atoms with Gasteiger partial charge < -0.3 is 5.32 Å². The molecule has 144 valence electrons. The Morgan fingerprint density at radius 1 is 0.862 bits per heavy atom. The molecule has 29 heavy (non-hydrogen) atoms. The van der Waals surface area contributed by atoms with Gasteiger partial charge in [0.1, 0.15) is 0 Å². The number of nitrogens with one attached hydrogen (secondary N) is 1. The Hall–Kier alpha value is -3.44. The average molecular weight is 405 g/mol. The number of rotatable bonds is 5. The number of hydrogen-bond donors (Lipinski definition) is 1. The summed E-state index contributed by atoms with van der Waals surface area (Å²) in [6.45, 7) is 0. The minimum Gasteiger partial charge on any atom is -0.326 e. The van der Waals surface area contributed by atoms with E-state index in [4.69, 9.17) is 11.6 Å². The van der Waals surface area contributed by atoms with Crippen LogP contribution < -0.4 is 5.32 Å². The van der Waals surface area contributed by atoms with E-state index < -0.39 is 17.9 Å². The lowest BCUT2D eigenvalue weighted by Crippen LogP contribution is -2.36. The van der Waals surface area contributed by atoms with Crippen LogP contribution in [0.5, 0.6) is 0 Å². The molecule has 0 spiro atoms. The zero-order chi connectivity index (χ0) is 20.4. The first kappa shape index (κ1) is 18.9. The van der Waals surface area contributed by atoms with Crippen LogP contribution in [0.4, 0.5) is 5.69 Å². The van der Waals surface area contributed by atoms with Gasteiger partial charge in [0, 0.05) is 10.7 Å². The van der Waals surface area contributed by atoms with E-state index in [0.29, 0.717) is 27.4 Å². The molecular weight excluding hydrogens is 388 g/mol. The van der Waals surface area contributed by atoms with Gasteiger partial charge in [-0.25, -0.2) is 0 Å². The number of carbonyl (C=O) groups is 3.